The Labute approximate surface area is 126 Å². The number of hydrogen-bond acceptors (Lipinski definition) is 4. The second-order valence-electron chi connectivity index (χ2n) is 5.21. The van der Waals surface area contributed by atoms with E-state index in [0.29, 0.717) is 29.9 Å². The third kappa shape index (κ3) is 2.29. The molecule has 3 N–H and O–H groups in total. The summed E-state index contributed by atoms with van der Waals surface area (Å²) in [5.74, 6) is -0.0361. The molecule has 1 atom stereocenters. The smallest absolute Gasteiger partial charge is 0.320 e. The fraction of sp³-hybridized carbons (Fsp3) is 0.267. The van der Waals surface area contributed by atoms with E-state index >= 15 is 0 Å². The van der Waals surface area contributed by atoms with Crippen molar-refractivity contribution >= 4 is 11.8 Å². The summed E-state index contributed by atoms with van der Waals surface area (Å²) in [6, 6.07) is 1.28. The highest BCUT2D eigenvalue weighted by atomic mass is 19.1. The van der Waals surface area contributed by atoms with Crippen molar-refractivity contribution in [1.29, 1.82) is 0 Å². The molecule has 0 saturated heterocycles. The van der Waals surface area contributed by atoms with Crippen molar-refractivity contribution in [3.05, 3.63) is 41.6 Å². The van der Waals surface area contributed by atoms with Gasteiger partial charge in [0, 0.05) is 35.6 Å². The molecule has 2 aromatic heterocycles. The zero-order valence-corrected chi connectivity index (χ0v) is 12.0. The van der Waals surface area contributed by atoms with Gasteiger partial charge in [0.1, 0.15) is 11.6 Å². The van der Waals surface area contributed by atoms with Gasteiger partial charge in [0.15, 0.2) is 0 Å². The van der Waals surface area contributed by atoms with E-state index in [1.165, 1.54) is 24.2 Å². The Kier molecular flexibility index (Phi) is 3.50. The van der Waals surface area contributed by atoms with Crippen LogP contribution in [0, 0.1) is 5.82 Å². The van der Waals surface area contributed by atoms with Crippen LogP contribution in [0.3, 0.4) is 0 Å². The molecule has 0 radical (unpaired) electrons. The van der Waals surface area contributed by atoms with Gasteiger partial charge in [0.05, 0.1) is 12.3 Å². The number of aromatic nitrogens is 2. The number of nitrogens with two attached hydrogens (primary N) is 1. The first kappa shape index (κ1) is 14.4. The number of aliphatic hydroxyl groups is 1. The van der Waals surface area contributed by atoms with Gasteiger partial charge in [-0.15, -0.1) is 0 Å². The molecule has 7 heteroatoms. The highest BCUT2D eigenvalue weighted by molar-refractivity contribution is 5.92. The Hall–Kier alpha value is -2.54. The molecule has 22 heavy (non-hydrogen) atoms. The van der Waals surface area contributed by atoms with Gasteiger partial charge >= 0.3 is 6.03 Å². The van der Waals surface area contributed by atoms with E-state index in [-0.39, 0.29) is 5.56 Å². The summed E-state index contributed by atoms with van der Waals surface area (Å²) in [6.45, 7) is 1.98. The predicted octanol–water partition coefficient (Wildman–Crippen LogP) is 1.78. The SMILES string of the molecule is C[C@H](O)c1c(F)cncc1-c1cnc2c(c1)CCN2C(N)=O. The molecule has 6 nitrogen and oxygen atoms in total. The zero-order valence-electron chi connectivity index (χ0n) is 12.0. The molecule has 0 spiro atoms. The van der Waals surface area contributed by atoms with Gasteiger partial charge in [0.25, 0.3) is 0 Å². The quantitative estimate of drug-likeness (QED) is 0.884. The molecule has 3 rings (SSSR count). The van der Waals surface area contributed by atoms with Crippen molar-refractivity contribution in [2.24, 2.45) is 5.73 Å². The van der Waals surface area contributed by atoms with E-state index in [2.05, 4.69) is 9.97 Å². The summed E-state index contributed by atoms with van der Waals surface area (Å²) in [6.07, 6.45) is 3.76. The molecule has 0 aliphatic carbocycles. The van der Waals surface area contributed by atoms with Gasteiger partial charge < -0.3 is 10.8 Å². The second-order valence-corrected chi connectivity index (χ2v) is 5.21. The number of primary amides is 1. The number of aliphatic hydroxyl groups excluding tert-OH is 1. The van der Waals surface area contributed by atoms with Crippen LogP contribution in [0.5, 0.6) is 0 Å². The van der Waals surface area contributed by atoms with Crippen molar-refractivity contribution in [2.45, 2.75) is 19.4 Å². The lowest BCUT2D eigenvalue weighted by atomic mass is 9.98. The number of pyridine rings is 2. The number of carbonyl (C=O) groups excluding carboxylic acids is 1. The molecule has 2 amide bonds. The van der Waals surface area contributed by atoms with Gasteiger partial charge in [-0.1, -0.05) is 0 Å². The third-order valence-electron chi connectivity index (χ3n) is 3.74. The Morgan fingerprint density at radius 3 is 2.91 bits per heavy atom. The minimum atomic E-state index is -0.964. The van der Waals surface area contributed by atoms with Gasteiger partial charge in [-0.3, -0.25) is 9.88 Å². The lowest BCUT2D eigenvalue weighted by Gasteiger charge is -2.15. The van der Waals surface area contributed by atoms with Crippen LogP contribution in [0.4, 0.5) is 15.0 Å². The molecule has 2 aromatic rings. The zero-order chi connectivity index (χ0) is 15.9. The average molecular weight is 302 g/mol. The molecule has 0 fully saturated rings. The Morgan fingerprint density at radius 1 is 1.45 bits per heavy atom. The summed E-state index contributed by atoms with van der Waals surface area (Å²) in [5.41, 5.74) is 7.48. The first-order valence-corrected chi connectivity index (χ1v) is 6.86. The van der Waals surface area contributed by atoms with Crippen LogP contribution in [0.25, 0.3) is 11.1 Å². The van der Waals surface area contributed by atoms with Crippen LogP contribution < -0.4 is 10.6 Å². The molecule has 1 aliphatic heterocycles. The Bertz CT molecular complexity index is 748. The number of nitrogens with zero attached hydrogens (tertiary/aromatic N) is 3. The van der Waals surface area contributed by atoms with E-state index in [0.717, 1.165) is 11.8 Å². The molecule has 0 bridgehead atoms. The average Bonchev–Trinajstić information content (AvgIpc) is 2.89. The molecule has 1 aliphatic rings. The molecule has 0 unspecified atom stereocenters. The number of anilines is 1. The van der Waals surface area contributed by atoms with Crippen molar-refractivity contribution in [3.8, 4) is 11.1 Å². The number of hydrogen-bond donors (Lipinski definition) is 2. The van der Waals surface area contributed by atoms with Crippen LogP contribution in [0.1, 0.15) is 24.2 Å². The second kappa shape index (κ2) is 5.34. The van der Waals surface area contributed by atoms with E-state index < -0.39 is 18.0 Å². The highest BCUT2D eigenvalue weighted by Crippen LogP contribution is 2.33. The minimum Gasteiger partial charge on any atom is -0.389 e. The van der Waals surface area contributed by atoms with Crippen LogP contribution in [0.2, 0.25) is 0 Å². The van der Waals surface area contributed by atoms with Crippen molar-refractivity contribution in [1.82, 2.24) is 9.97 Å². The van der Waals surface area contributed by atoms with Crippen molar-refractivity contribution in [2.75, 3.05) is 11.4 Å². The van der Waals surface area contributed by atoms with Gasteiger partial charge in [-0.2, -0.15) is 0 Å². The number of amides is 2. The molecule has 0 saturated carbocycles. The van der Waals surface area contributed by atoms with Gasteiger partial charge in [0.2, 0.25) is 0 Å². The fourth-order valence-corrected chi connectivity index (χ4v) is 2.73. The maximum Gasteiger partial charge on any atom is 0.320 e. The maximum absolute atomic E-state index is 13.9. The molecular formula is C15H15FN4O2. The highest BCUT2D eigenvalue weighted by Gasteiger charge is 2.25. The van der Waals surface area contributed by atoms with E-state index in [9.17, 15) is 14.3 Å². The van der Waals surface area contributed by atoms with Crippen LogP contribution in [-0.2, 0) is 6.42 Å². The monoisotopic (exact) mass is 302 g/mol. The van der Waals surface area contributed by atoms with Crippen LogP contribution in [-0.4, -0.2) is 27.7 Å². The topological polar surface area (TPSA) is 92.3 Å². The maximum atomic E-state index is 13.9. The standard InChI is InChI=1S/C15H15FN4O2/c1-8(21)13-11(6-18-7-12(13)16)10-4-9-2-3-20(15(17)22)14(9)19-5-10/h4-8,21H,2-3H2,1H3,(H2,17,22)/t8-/m0/s1. The minimum absolute atomic E-state index is 0.182. The predicted molar refractivity (Wildman–Crippen MR) is 78.7 cm³/mol. The van der Waals surface area contributed by atoms with Crippen LogP contribution >= 0.6 is 0 Å². The number of urea groups is 1. The van der Waals surface area contributed by atoms with Gasteiger partial charge in [-0.05, 0) is 25.0 Å². The third-order valence-corrected chi connectivity index (χ3v) is 3.74. The van der Waals surface area contributed by atoms with Gasteiger partial charge in [-0.25, -0.2) is 14.2 Å². The Morgan fingerprint density at radius 2 is 2.23 bits per heavy atom. The van der Waals surface area contributed by atoms with Crippen molar-refractivity contribution in [3.63, 3.8) is 0 Å². The summed E-state index contributed by atoms with van der Waals surface area (Å²) in [4.78, 5) is 20.8. The lowest BCUT2D eigenvalue weighted by Crippen LogP contribution is -2.34. The molecule has 3 heterocycles. The molecule has 114 valence electrons. The number of carbonyl (C=O) groups is 1. The van der Waals surface area contributed by atoms with E-state index in [4.69, 9.17) is 5.73 Å². The largest absolute Gasteiger partial charge is 0.389 e. The van der Waals surface area contributed by atoms with Crippen molar-refractivity contribution < 1.29 is 14.3 Å². The first-order chi connectivity index (χ1) is 10.5. The molecular weight excluding hydrogens is 287 g/mol. The summed E-state index contributed by atoms with van der Waals surface area (Å²) >= 11 is 0. The molecule has 0 aromatic carbocycles. The number of fused-ring (bicyclic) bond motifs is 1. The number of rotatable bonds is 2. The van der Waals surface area contributed by atoms with E-state index in [1.54, 1.807) is 0 Å². The number of halogens is 1. The summed E-state index contributed by atoms with van der Waals surface area (Å²) in [5, 5.41) is 9.80. The summed E-state index contributed by atoms with van der Waals surface area (Å²) < 4.78 is 13.9. The van der Waals surface area contributed by atoms with Crippen LogP contribution in [0.15, 0.2) is 24.7 Å². The fourth-order valence-electron chi connectivity index (χ4n) is 2.73. The lowest BCUT2D eigenvalue weighted by molar-refractivity contribution is 0.194. The van der Waals surface area contributed by atoms with E-state index in [1.807, 2.05) is 6.07 Å². The Balaban J connectivity index is 2.09. The summed E-state index contributed by atoms with van der Waals surface area (Å²) in [7, 11) is 0. The first-order valence-electron chi connectivity index (χ1n) is 6.86. The normalized spacial score (nSPS) is 14.8.